The van der Waals surface area contributed by atoms with E-state index in [4.69, 9.17) is 0 Å². The average Bonchev–Trinajstić information content (AvgIpc) is 2.20. The van der Waals surface area contributed by atoms with Gasteiger partial charge in [-0.2, -0.15) is 13.2 Å². The average molecular weight is 247 g/mol. The molecule has 0 fully saturated rings. The molecular formula is C12H13F4N. The summed E-state index contributed by atoms with van der Waals surface area (Å²) in [5.41, 5.74) is -0.927. The second-order valence-electron chi connectivity index (χ2n) is 3.76. The highest BCUT2D eigenvalue weighted by Gasteiger charge is 2.31. The zero-order valence-electron chi connectivity index (χ0n) is 9.31. The molecule has 1 atom stereocenters. The summed E-state index contributed by atoms with van der Waals surface area (Å²) >= 11 is 0. The smallest absolute Gasteiger partial charge is 0.380 e. The third kappa shape index (κ3) is 3.76. The molecule has 0 aliphatic heterocycles. The van der Waals surface area contributed by atoms with Crippen LogP contribution in [-0.4, -0.2) is 6.04 Å². The largest absolute Gasteiger partial charge is 0.416 e. The first-order valence-corrected chi connectivity index (χ1v) is 5.08. The molecule has 0 radical (unpaired) electrons. The summed E-state index contributed by atoms with van der Waals surface area (Å²) in [4.78, 5) is 0. The van der Waals surface area contributed by atoms with Gasteiger partial charge in [-0.25, -0.2) is 4.39 Å². The summed E-state index contributed by atoms with van der Waals surface area (Å²) in [6.45, 7) is 5.32. The van der Waals surface area contributed by atoms with E-state index in [1.54, 1.807) is 13.0 Å². The van der Waals surface area contributed by atoms with Crippen LogP contribution >= 0.6 is 0 Å². The van der Waals surface area contributed by atoms with Crippen molar-refractivity contribution in [3.8, 4) is 0 Å². The molecule has 5 heteroatoms. The number of hydrogen-bond donors (Lipinski definition) is 1. The Morgan fingerprint density at radius 1 is 1.41 bits per heavy atom. The zero-order valence-corrected chi connectivity index (χ0v) is 9.31. The standard InChI is InChI=1S/C12H13F4N/c1-3-4-8(2)17-11-6-5-9(7-10(11)13)12(14,15)16/h3,5-8,17H,1,4H2,2H3. The van der Waals surface area contributed by atoms with Crippen LogP contribution in [0.2, 0.25) is 0 Å². The minimum atomic E-state index is -4.52. The summed E-state index contributed by atoms with van der Waals surface area (Å²) < 4.78 is 50.2. The summed E-state index contributed by atoms with van der Waals surface area (Å²) in [5, 5.41) is 2.78. The van der Waals surface area contributed by atoms with Gasteiger partial charge >= 0.3 is 6.18 Å². The van der Waals surface area contributed by atoms with Crippen molar-refractivity contribution in [2.24, 2.45) is 0 Å². The van der Waals surface area contributed by atoms with E-state index in [2.05, 4.69) is 11.9 Å². The van der Waals surface area contributed by atoms with Crippen molar-refractivity contribution in [1.82, 2.24) is 0 Å². The molecule has 0 spiro atoms. The molecule has 17 heavy (non-hydrogen) atoms. The fourth-order valence-corrected chi connectivity index (χ4v) is 1.38. The van der Waals surface area contributed by atoms with Crippen LogP contribution in [0, 0.1) is 5.82 Å². The Hall–Kier alpha value is -1.52. The lowest BCUT2D eigenvalue weighted by molar-refractivity contribution is -0.137. The van der Waals surface area contributed by atoms with Gasteiger partial charge in [0, 0.05) is 6.04 Å². The lowest BCUT2D eigenvalue weighted by Crippen LogP contribution is -2.15. The van der Waals surface area contributed by atoms with Gasteiger partial charge in [0.2, 0.25) is 0 Å². The van der Waals surface area contributed by atoms with E-state index in [1.807, 2.05) is 0 Å². The van der Waals surface area contributed by atoms with Gasteiger partial charge in [0.15, 0.2) is 0 Å². The van der Waals surface area contributed by atoms with E-state index in [1.165, 1.54) is 0 Å². The van der Waals surface area contributed by atoms with Gasteiger partial charge in [-0.15, -0.1) is 6.58 Å². The molecule has 94 valence electrons. The van der Waals surface area contributed by atoms with Gasteiger partial charge < -0.3 is 5.32 Å². The molecule has 0 aliphatic carbocycles. The highest BCUT2D eigenvalue weighted by Crippen LogP contribution is 2.31. The van der Waals surface area contributed by atoms with E-state index < -0.39 is 17.6 Å². The topological polar surface area (TPSA) is 12.0 Å². The second-order valence-corrected chi connectivity index (χ2v) is 3.76. The van der Waals surface area contributed by atoms with E-state index in [9.17, 15) is 17.6 Å². The molecule has 0 amide bonds. The Kier molecular flexibility index (Phi) is 4.15. The van der Waals surface area contributed by atoms with Crippen LogP contribution in [0.4, 0.5) is 23.2 Å². The van der Waals surface area contributed by atoms with Crippen LogP contribution in [-0.2, 0) is 6.18 Å². The number of halogens is 4. The van der Waals surface area contributed by atoms with Crippen molar-refractivity contribution in [3.63, 3.8) is 0 Å². The first kappa shape index (κ1) is 13.5. The number of rotatable bonds is 4. The first-order valence-electron chi connectivity index (χ1n) is 5.08. The van der Waals surface area contributed by atoms with E-state index in [-0.39, 0.29) is 11.7 Å². The SMILES string of the molecule is C=CCC(C)Nc1ccc(C(F)(F)F)cc1F. The van der Waals surface area contributed by atoms with Crippen LogP contribution in [0.1, 0.15) is 18.9 Å². The van der Waals surface area contributed by atoms with E-state index in [0.29, 0.717) is 12.5 Å². The Balaban J connectivity index is 2.87. The molecule has 0 heterocycles. The molecule has 0 aliphatic rings. The maximum Gasteiger partial charge on any atom is 0.416 e. The number of nitrogens with one attached hydrogen (secondary N) is 1. The molecular weight excluding hydrogens is 234 g/mol. The molecule has 0 saturated carbocycles. The Morgan fingerprint density at radius 2 is 2.06 bits per heavy atom. The van der Waals surface area contributed by atoms with Crippen molar-refractivity contribution in [2.45, 2.75) is 25.6 Å². The summed E-state index contributed by atoms with van der Waals surface area (Å²) in [6, 6.07) is 2.35. The van der Waals surface area contributed by atoms with E-state index >= 15 is 0 Å². The molecule has 1 aromatic rings. The van der Waals surface area contributed by atoms with Crippen molar-refractivity contribution < 1.29 is 17.6 Å². The Morgan fingerprint density at radius 3 is 2.53 bits per heavy atom. The first-order chi connectivity index (χ1) is 7.84. The van der Waals surface area contributed by atoms with Crippen molar-refractivity contribution in [3.05, 3.63) is 42.2 Å². The number of anilines is 1. The molecule has 1 rings (SSSR count). The van der Waals surface area contributed by atoms with Crippen molar-refractivity contribution in [1.29, 1.82) is 0 Å². The van der Waals surface area contributed by atoms with Crippen molar-refractivity contribution >= 4 is 5.69 Å². The third-order valence-electron chi connectivity index (χ3n) is 2.22. The lowest BCUT2D eigenvalue weighted by Gasteiger charge is -2.15. The monoisotopic (exact) mass is 247 g/mol. The molecule has 1 aromatic carbocycles. The van der Waals surface area contributed by atoms with Gasteiger partial charge in [-0.3, -0.25) is 0 Å². The predicted octanol–water partition coefficient (Wildman–Crippen LogP) is 4.22. The van der Waals surface area contributed by atoms with Crippen LogP contribution in [0.3, 0.4) is 0 Å². The molecule has 1 nitrogen and oxygen atoms in total. The minimum absolute atomic E-state index is 0.0624. The van der Waals surface area contributed by atoms with Gasteiger partial charge in [0.1, 0.15) is 5.82 Å². The van der Waals surface area contributed by atoms with Gasteiger partial charge in [0.25, 0.3) is 0 Å². The van der Waals surface area contributed by atoms with Crippen LogP contribution in [0.25, 0.3) is 0 Å². The van der Waals surface area contributed by atoms with Crippen LogP contribution in [0.15, 0.2) is 30.9 Å². The molecule has 1 unspecified atom stereocenters. The molecule has 0 saturated heterocycles. The summed E-state index contributed by atoms with van der Waals surface area (Å²) in [7, 11) is 0. The molecule has 0 aromatic heterocycles. The highest BCUT2D eigenvalue weighted by molar-refractivity contribution is 5.47. The van der Waals surface area contributed by atoms with Crippen LogP contribution < -0.4 is 5.32 Å². The normalized spacial score (nSPS) is 13.2. The zero-order chi connectivity index (χ0) is 13.1. The highest BCUT2D eigenvalue weighted by atomic mass is 19.4. The third-order valence-corrected chi connectivity index (χ3v) is 2.22. The van der Waals surface area contributed by atoms with Crippen molar-refractivity contribution in [2.75, 3.05) is 5.32 Å². The van der Waals surface area contributed by atoms with E-state index in [0.717, 1.165) is 12.1 Å². The lowest BCUT2D eigenvalue weighted by atomic mass is 10.1. The summed E-state index contributed by atoms with van der Waals surface area (Å²) in [5.74, 6) is -0.907. The van der Waals surface area contributed by atoms with Gasteiger partial charge in [0.05, 0.1) is 11.3 Å². The number of benzene rings is 1. The fraction of sp³-hybridized carbons (Fsp3) is 0.333. The maximum absolute atomic E-state index is 13.4. The number of hydrogen-bond acceptors (Lipinski definition) is 1. The number of alkyl halides is 3. The minimum Gasteiger partial charge on any atom is -0.380 e. The predicted molar refractivity (Wildman–Crippen MR) is 59.3 cm³/mol. The summed E-state index contributed by atoms with van der Waals surface area (Å²) in [6.07, 6.45) is -2.27. The molecule has 0 bridgehead atoms. The second kappa shape index (κ2) is 5.21. The maximum atomic E-state index is 13.4. The fourth-order valence-electron chi connectivity index (χ4n) is 1.38. The quantitative estimate of drug-likeness (QED) is 0.620. The van der Waals surface area contributed by atoms with Crippen LogP contribution in [0.5, 0.6) is 0 Å². The van der Waals surface area contributed by atoms with Gasteiger partial charge in [-0.1, -0.05) is 6.08 Å². The van der Waals surface area contributed by atoms with Gasteiger partial charge in [-0.05, 0) is 31.5 Å². The molecule has 1 N–H and O–H groups in total. The Labute approximate surface area is 97.1 Å². The Bertz CT molecular complexity index is 398.